The molecule has 0 saturated carbocycles. The highest BCUT2D eigenvalue weighted by Gasteiger charge is 2.22. The molecule has 1 unspecified atom stereocenters. The summed E-state index contributed by atoms with van der Waals surface area (Å²) >= 11 is 0. The topological polar surface area (TPSA) is 135 Å². The van der Waals surface area contributed by atoms with Crippen LogP contribution >= 0.6 is 0 Å². The van der Waals surface area contributed by atoms with Crippen molar-refractivity contribution in [1.29, 1.82) is 0 Å². The predicted molar refractivity (Wildman–Crippen MR) is 145 cm³/mol. The van der Waals surface area contributed by atoms with Gasteiger partial charge in [0, 0.05) is 31.4 Å². The molecule has 3 amide bonds. The highest BCUT2D eigenvalue weighted by molar-refractivity contribution is 5.96. The van der Waals surface area contributed by atoms with Crippen molar-refractivity contribution in [3.05, 3.63) is 70.8 Å². The van der Waals surface area contributed by atoms with Crippen molar-refractivity contribution in [3.63, 3.8) is 0 Å². The lowest BCUT2D eigenvalue weighted by Crippen LogP contribution is -2.44. The molecular formula is C27H31F2N5O6. The van der Waals surface area contributed by atoms with Crippen LogP contribution in [0.3, 0.4) is 0 Å². The van der Waals surface area contributed by atoms with Gasteiger partial charge in [-0.25, -0.2) is 13.6 Å². The number of fused-ring (bicyclic) bond motifs is 1. The van der Waals surface area contributed by atoms with Gasteiger partial charge in [0.15, 0.2) is 0 Å². The maximum absolute atomic E-state index is 13.1. The number of carbonyl (C=O) groups is 3. The van der Waals surface area contributed by atoms with Crippen LogP contribution in [0.4, 0.5) is 19.3 Å². The average Bonchev–Trinajstić information content (AvgIpc) is 3.34. The number of rotatable bonds is 12. The summed E-state index contributed by atoms with van der Waals surface area (Å²) in [7, 11) is 4.37. The normalized spacial score (nSPS) is 11.9. The molecule has 1 atom stereocenters. The first-order valence-corrected chi connectivity index (χ1v) is 12.3. The van der Waals surface area contributed by atoms with Gasteiger partial charge in [-0.1, -0.05) is 18.2 Å². The molecule has 3 N–H and O–H groups in total. The van der Waals surface area contributed by atoms with Crippen LogP contribution < -0.4 is 20.9 Å². The second-order valence-electron chi connectivity index (χ2n) is 8.96. The number of allylic oxidation sites excluding steroid dienone is 1. The number of aromatic nitrogens is 2. The van der Waals surface area contributed by atoms with E-state index in [0.29, 0.717) is 17.6 Å². The summed E-state index contributed by atoms with van der Waals surface area (Å²) in [5.74, 6) is -0.597. The minimum atomic E-state index is -2.62. The Hall–Kier alpha value is -4.68. The highest BCUT2D eigenvalue weighted by atomic mass is 19.3. The van der Waals surface area contributed by atoms with Crippen LogP contribution in [0.1, 0.15) is 18.5 Å². The van der Waals surface area contributed by atoms with Crippen molar-refractivity contribution in [3.8, 4) is 5.75 Å². The van der Waals surface area contributed by atoms with Gasteiger partial charge >= 0.3 is 6.09 Å². The molecule has 11 nitrogen and oxygen atoms in total. The fourth-order valence-electron chi connectivity index (χ4n) is 3.77. The Labute approximate surface area is 228 Å². The zero-order valence-electron chi connectivity index (χ0n) is 22.3. The van der Waals surface area contributed by atoms with Gasteiger partial charge in [-0.2, -0.15) is 0 Å². The first-order valence-electron chi connectivity index (χ1n) is 12.3. The summed E-state index contributed by atoms with van der Waals surface area (Å²) in [4.78, 5) is 54.1. The van der Waals surface area contributed by atoms with E-state index in [2.05, 4.69) is 20.4 Å². The lowest BCUT2D eigenvalue weighted by molar-refractivity contribution is -0.123. The molecule has 0 aliphatic rings. The van der Waals surface area contributed by atoms with E-state index in [0.717, 1.165) is 12.5 Å². The van der Waals surface area contributed by atoms with Gasteiger partial charge < -0.3 is 34.6 Å². The zero-order chi connectivity index (χ0) is 29.2. The van der Waals surface area contributed by atoms with E-state index in [-0.39, 0.29) is 30.3 Å². The van der Waals surface area contributed by atoms with Crippen LogP contribution in [-0.2, 0) is 20.9 Å². The lowest BCUT2D eigenvalue weighted by atomic mass is 10.1. The minimum Gasteiger partial charge on any atom is -0.485 e. The van der Waals surface area contributed by atoms with E-state index in [9.17, 15) is 28.0 Å². The Bertz CT molecular complexity index is 1430. The number of pyridine rings is 1. The number of amides is 3. The summed E-state index contributed by atoms with van der Waals surface area (Å²) in [5, 5.41) is 5.71. The monoisotopic (exact) mass is 559 g/mol. The number of carbonyl (C=O) groups excluding carboxylic acids is 3. The van der Waals surface area contributed by atoms with Crippen LogP contribution in [0.5, 0.6) is 5.75 Å². The van der Waals surface area contributed by atoms with E-state index in [1.54, 1.807) is 50.5 Å². The van der Waals surface area contributed by atoms with Gasteiger partial charge in [0.25, 0.3) is 12.0 Å². The molecule has 214 valence electrons. The number of likely N-dealkylation sites (N-methyl/N-ethyl adjacent to an activating group) is 1. The fourth-order valence-corrected chi connectivity index (χ4v) is 3.77. The number of ether oxygens (including phenoxy) is 2. The number of hydrogen-bond acceptors (Lipinski definition) is 6. The van der Waals surface area contributed by atoms with Gasteiger partial charge in [0.1, 0.15) is 24.1 Å². The Kier molecular flexibility index (Phi) is 10.4. The average molecular weight is 560 g/mol. The molecule has 40 heavy (non-hydrogen) atoms. The largest absolute Gasteiger partial charge is 0.485 e. The van der Waals surface area contributed by atoms with Crippen LogP contribution in [0.25, 0.3) is 10.9 Å². The second-order valence-corrected chi connectivity index (χ2v) is 8.96. The third-order valence-corrected chi connectivity index (χ3v) is 5.77. The first kappa shape index (κ1) is 29.9. The van der Waals surface area contributed by atoms with E-state index < -0.39 is 36.6 Å². The van der Waals surface area contributed by atoms with E-state index in [4.69, 9.17) is 4.74 Å². The van der Waals surface area contributed by atoms with E-state index >= 15 is 0 Å². The number of alkyl carbamates (subject to hydrolysis) is 1. The van der Waals surface area contributed by atoms with Gasteiger partial charge in [0.2, 0.25) is 11.8 Å². The number of nitrogens with one attached hydrogen (secondary N) is 3. The third kappa shape index (κ3) is 8.16. The lowest BCUT2D eigenvalue weighted by Gasteiger charge is -2.17. The van der Waals surface area contributed by atoms with Crippen molar-refractivity contribution in [2.75, 3.05) is 33.1 Å². The number of aromatic amines is 1. The molecule has 0 aliphatic heterocycles. The van der Waals surface area contributed by atoms with Crippen LogP contribution in [0, 0.1) is 0 Å². The van der Waals surface area contributed by atoms with Crippen molar-refractivity contribution in [2.24, 2.45) is 0 Å². The van der Waals surface area contributed by atoms with Crippen molar-refractivity contribution >= 4 is 34.5 Å². The number of para-hydroxylation sites is 1. The second kappa shape index (κ2) is 13.9. The molecule has 0 aliphatic carbocycles. The highest BCUT2D eigenvalue weighted by Crippen LogP contribution is 2.26. The minimum absolute atomic E-state index is 0.0143. The molecule has 0 bridgehead atoms. The molecule has 2 aromatic heterocycles. The molecule has 3 aromatic rings. The molecule has 0 saturated heterocycles. The summed E-state index contributed by atoms with van der Waals surface area (Å²) in [6, 6.07) is 8.77. The van der Waals surface area contributed by atoms with Crippen molar-refractivity contribution < 1.29 is 32.6 Å². The van der Waals surface area contributed by atoms with Crippen molar-refractivity contribution in [2.45, 2.75) is 31.9 Å². The third-order valence-electron chi connectivity index (χ3n) is 5.77. The molecule has 0 spiro atoms. The summed E-state index contributed by atoms with van der Waals surface area (Å²) < 4.78 is 36.4. The van der Waals surface area contributed by atoms with Gasteiger partial charge in [-0.3, -0.25) is 14.4 Å². The molecule has 0 fully saturated rings. The van der Waals surface area contributed by atoms with E-state index in [1.165, 1.54) is 27.8 Å². The van der Waals surface area contributed by atoms with Crippen LogP contribution in [0.2, 0.25) is 0 Å². The number of benzene rings is 1. The number of H-pyrrole nitrogens is 1. The van der Waals surface area contributed by atoms with Crippen LogP contribution in [0.15, 0.2) is 59.5 Å². The number of hydrogen-bond donors (Lipinski definition) is 3. The molecule has 2 heterocycles. The maximum Gasteiger partial charge on any atom is 0.407 e. The first-order chi connectivity index (χ1) is 19.1. The Balaban J connectivity index is 1.74. The Morgan fingerprint density at radius 2 is 1.95 bits per heavy atom. The fraction of sp³-hybridized carbons (Fsp3) is 0.333. The molecule has 0 radical (unpaired) electrons. The standard InChI is InChI=1S/C27H31F2N5O6/c1-33(2)23(35)12-5-4-9-19(32-27(38)39-3)25(36)31-20-10-7-13-34(26(20)37)15-18-14-17-8-6-11-21(24(17)30-18)40-16-22(28)29/h5-8,10-14,19,22,30H,4,9,15-16H2,1-3H3,(H,31,36)(H,32,38)/b12-5+. The van der Waals surface area contributed by atoms with E-state index in [1.807, 2.05) is 0 Å². The maximum atomic E-state index is 13.1. The SMILES string of the molecule is COC(=O)NC(CC/C=C/C(=O)N(C)C)C(=O)Nc1cccn(Cc2cc3cccc(OCC(F)F)c3[nH]2)c1=O. The predicted octanol–water partition coefficient (Wildman–Crippen LogP) is 3.11. The Morgan fingerprint density at radius 1 is 1.18 bits per heavy atom. The van der Waals surface area contributed by atoms with Crippen molar-refractivity contribution in [1.82, 2.24) is 19.8 Å². The van der Waals surface area contributed by atoms with Gasteiger partial charge in [-0.15, -0.1) is 0 Å². The van der Waals surface area contributed by atoms with Gasteiger partial charge in [-0.05, 0) is 43.2 Å². The number of alkyl halides is 2. The number of halogens is 2. The molecule has 3 rings (SSSR count). The number of methoxy groups -OCH3 is 1. The smallest absolute Gasteiger partial charge is 0.407 e. The Morgan fingerprint density at radius 3 is 2.65 bits per heavy atom. The van der Waals surface area contributed by atoms with Crippen LogP contribution in [-0.4, -0.2) is 72.6 Å². The number of nitrogens with zero attached hydrogens (tertiary/aromatic N) is 2. The molecule has 1 aromatic carbocycles. The summed E-state index contributed by atoms with van der Waals surface area (Å²) in [6.45, 7) is -0.648. The number of anilines is 1. The summed E-state index contributed by atoms with van der Waals surface area (Å²) in [6.07, 6.45) is 1.48. The molecular weight excluding hydrogens is 528 g/mol. The summed E-state index contributed by atoms with van der Waals surface area (Å²) in [5.41, 5.74) is 0.614. The zero-order valence-corrected chi connectivity index (χ0v) is 22.3. The molecule has 13 heteroatoms. The quantitative estimate of drug-likeness (QED) is 0.292. The van der Waals surface area contributed by atoms with Gasteiger partial charge in [0.05, 0.1) is 19.2 Å².